The van der Waals surface area contributed by atoms with Crippen LogP contribution in [0.3, 0.4) is 0 Å². The molecule has 3 aromatic heterocycles. The van der Waals surface area contributed by atoms with Crippen molar-refractivity contribution in [3.8, 4) is 28.2 Å². The minimum Gasteiger partial charge on any atom is -0.437 e. The van der Waals surface area contributed by atoms with E-state index in [4.69, 9.17) is 14.4 Å². The van der Waals surface area contributed by atoms with Crippen LogP contribution in [0.5, 0.6) is 0 Å². The highest BCUT2D eigenvalue weighted by Crippen LogP contribution is 2.40. The van der Waals surface area contributed by atoms with E-state index in [1.165, 1.54) is 22.3 Å². The lowest BCUT2D eigenvalue weighted by Gasteiger charge is -2.26. The number of imidazole rings is 1. The van der Waals surface area contributed by atoms with Gasteiger partial charge in [0.1, 0.15) is 11.4 Å². The van der Waals surface area contributed by atoms with Gasteiger partial charge in [0.15, 0.2) is 0 Å². The van der Waals surface area contributed by atoms with Gasteiger partial charge >= 0.3 is 0 Å². The molecule has 0 amide bonds. The van der Waals surface area contributed by atoms with Gasteiger partial charge in [0, 0.05) is 22.4 Å². The molecule has 208 valence electrons. The Labute approximate surface area is 246 Å². The highest BCUT2D eigenvalue weighted by molar-refractivity contribution is 6.08. The van der Waals surface area contributed by atoms with Crippen molar-refractivity contribution in [2.75, 3.05) is 0 Å². The molecule has 0 aliphatic heterocycles. The van der Waals surface area contributed by atoms with Gasteiger partial charge in [-0.05, 0) is 84.0 Å². The van der Waals surface area contributed by atoms with Crippen LogP contribution in [0, 0.1) is 19.3 Å². The zero-order chi connectivity index (χ0) is 29.2. The highest BCUT2D eigenvalue weighted by atomic mass is 16.3. The lowest BCUT2D eigenvalue weighted by molar-refractivity contribution is 0.334. The summed E-state index contributed by atoms with van der Waals surface area (Å²) in [5.41, 5.74) is 11.6. The summed E-state index contributed by atoms with van der Waals surface area (Å²) in [5.74, 6) is 1.16. The molecule has 1 unspecified atom stereocenters. The van der Waals surface area contributed by atoms with E-state index in [-0.39, 0.29) is 5.41 Å². The third kappa shape index (κ3) is 4.21. The number of benzene rings is 4. The summed E-state index contributed by atoms with van der Waals surface area (Å²) in [5, 5.41) is 2.08. The first-order valence-electron chi connectivity index (χ1n) is 14.7. The van der Waals surface area contributed by atoms with Crippen LogP contribution in [0.2, 0.25) is 0 Å². The van der Waals surface area contributed by atoms with Crippen LogP contribution in [0.4, 0.5) is 0 Å². The van der Waals surface area contributed by atoms with Gasteiger partial charge in [0.05, 0.1) is 22.3 Å². The second-order valence-corrected chi connectivity index (χ2v) is 12.5. The Morgan fingerprint density at radius 1 is 0.714 bits per heavy atom. The number of aromatic nitrogens is 3. The number of rotatable bonds is 4. The van der Waals surface area contributed by atoms with Crippen LogP contribution in [-0.4, -0.2) is 14.5 Å². The van der Waals surface area contributed by atoms with Crippen molar-refractivity contribution in [2.45, 2.75) is 47.5 Å². The molecule has 42 heavy (non-hydrogen) atoms. The molecule has 4 nitrogen and oxygen atoms in total. The van der Waals surface area contributed by atoms with E-state index in [1.54, 1.807) is 0 Å². The van der Waals surface area contributed by atoms with Gasteiger partial charge < -0.3 is 4.42 Å². The third-order valence-corrected chi connectivity index (χ3v) is 8.75. The van der Waals surface area contributed by atoms with Crippen LogP contribution >= 0.6 is 0 Å². The normalized spacial score (nSPS) is 12.9. The van der Waals surface area contributed by atoms with Gasteiger partial charge in [-0.15, -0.1) is 0 Å². The maximum Gasteiger partial charge on any atom is 0.227 e. The molecule has 0 spiro atoms. The average molecular weight is 550 g/mol. The molecule has 4 heteroatoms. The zero-order valence-corrected chi connectivity index (χ0v) is 25.1. The molecule has 0 radical (unpaired) electrons. The summed E-state index contributed by atoms with van der Waals surface area (Å²) < 4.78 is 8.90. The summed E-state index contributed by atoms with van der Waals surface area (Å²) in [6.45, 7) is 13.4. The van der Waals surface area contributed by atoms with Crippen molar-refractivity contribution < 1.29 is 4.42 Å². The predicted octanol–water partition coefficient (Wildman–Crippen LogP) is 10.4. The number of aryl methyl sites for hydroxylation is 2. The fraction of sp³-hybridized carbons (Fsp3) is 0.211. The van der Waals surface area contributed by atoms with Gasteiger partial charge in [0.25, 0.3) is 0 Å². The second kappa shape index (κ2) is 9.70. The zero-order valence-electron chi connectivity index (χ0n) is 25.1. The molecule has 0 aliphatic rings. The molecule has 1 atom stereocenters. The average Bonchev–Trinajstić information content (AvgIpc) is 3.54. The Morgan fingerprint density at radius 3 is 2.17 bits per heavy atom. The second-order valence-electron chi connectivity index (χ2n) is 12.5. The van der Waals surface area contributed by atoms with E-state index in [0.29, 0.717) is 11.6 Å². The molecule has 0 bridgehead atoms. The van der Waals surface area contributed by atoms with Crippen molar-refractivity contribution in [3.05, 3.63) is 114 Å². The number of pyridine rings is 1. The van der Waals surface area contributed by atoms with Gasteiger partial charge in [-0.1, -0.05) is 82.3 Å². The maximum atomic E-state index is 6.60. The number of furan rings is 1. The first-order chi connectivity index (χ1) is 20.2. The molecule has 0 saturated heterocycles. The van der Waals surface area contributed by atoms with Crippen LogP contribution in [0.1, 0.15) is 50.4 Å². The quantitative estimate of drug-likeness (QED) is 0.219. The van der Waals surface area contributed by atoms with Crippen molar-refractivity contribution in [1.82, 2.24) is 14.5 Å². The largest absolute Gasteiger partial charge is 0.437 e. The molecule has 0 aliphatic carbocycles. The summed E-state index contributed by atoms with van der Waals surface area (Å²) in [4.78, 5) is 10.2. The van der Waals surface area contributed by atoms with Crippen LogP contribution in [0.15, 0.2) is 101 Å². The Hall–Kier alpha value is -4.70. The van der Waals surface area contributed by atoms with Gasteiger partial charge in [-0.2, -0.15) is 0 Å². The summed E-state index contributed by atoms with van der Waals surface area (Å²) >= 11 is 0. The van der Waals surface area contributed by atoms with E-state index >= 15 is 0 Å². The number of nitrogens with zero attached hydrogens (tertiary/aromatic N) is 3. The van der Waals surface area contributed by atoms with Crippen molar-refractivity contribution in [1.29, 1.82) is 0 Å². The molecule has 3 heterocycles. The lowest BCUT2D eigenvalue weighted by atomic mass is 9.80. The number of para-hydroxylation sites is 3. The van der Waals surface area contributed by atoms with E-state index in [1.807, 2.05) is 6.07 Å². The minimum absolute atomic E-state index is 0.106. The van der Waals surface area contributed by atoms with Crippen LogP contribution in [0.25, 0.3) is 61.3 Å². The monoisotopic (exact) mass is 549 g/mol. The van der Waals surface area contributed by atoms with Gasteiger partial charge in [-0.25, -0.2) is 9.97 Å². The first-order valence-corrected chi connectivity index (χ1v) is 14.7. The lowest BCUT2D eigenvalue weighted by Crippen LogP contribution is -2.16. The van der Waals surface area contributed by atoms with Crippen molar-refractivity contribution >= 4 is 33.1 Å². The molecule has 4 aromatic carbocycles. The molecule has 0 N–H and O–H groups in total. The fourth-order valence-corrected chi connectivity index (χ4v) is 6.09. The molecule has 0 fully saturated rings. The number of fused-ring (bicyclic) bond motifs is 4. The Kier molecular flexibility index (Phi) is 6.05. The van der Waals surface area contributed by atoms with Crippen molar-refractivity contribution in [3.63, 3.8) is 0 Å². The third-order valence-electron chi connectivity index (χ3n) is 8.75. The number of hydrogen-bond donors (Lipinski definition) is 0. The summed E-state index contributed by atoms with van der Waals surface area (Å²) in [6.07, 6.45) is 0. The highest BCUT2D eigenvalue weighted by Gasteiger charge is 2.25. The van der Waals surface area contributed by atoms with E-state index in [2.05, 4.69) is 137 Å². The Morgan fingerprint density at radius 2 is 1.43 bits per heavy atom. The van der Waals surface area contributed by atoms with Crippen LogP contribution < -0.4 is 0 Å². The van der Waals surface area contributed by atoms with Crippen LogP contribution in [-0.2, 0) is 0 Å². The van der Waals surface area contributed by atoms with E-state index in [9.17, 15) is 0 Å². The van der Waals surface area contributed by atoms with Gasteiger partial charge in [0.2, 0.25) is 5.71 Å². The molecular weight excluding hydrogens is 514 g/mol. The number of hydrogen-bond acceptors (Lipinski definition) is 3. The fourth-order valence-electron chi connectivity index (χ4n) is 6.09. The molecule has 7 rings (SSSR count). The van der Waals surface area contributed by atoms with Crippen molar-refractivity contribution in [2.24, 2.45) is 5.41 Å². The van der Waals surface area contributed by atoms with E-state index < -0.39 is 0 Å². The molecule has 0 saturated carbocycles. The summed E-state index contributed by atoms with van der Waals surface area (Å²) in [7, 11) is 0. The maximum absolute atomic E-state index is 6.60. The Balaban J connectivity index is 1.46. The molecular formula is C38H35N3O. The standard InChI is InChI=1S/C38H35N3O/c1-23-21-27(26-13-8-7-9-14-26)22-24(2)34(23)41-33-18-11-10-17-32(33)39-36(41)30-16-12-15-28-29-19-20-31(25(3)38(4,5)6)40-37(29)42-35(28)30/h7-22,25H,1-6H3. The van der Waals surface area contributed by atoms with Gasteiger partial charge in [-0.3, -0.25) is 4.57 Å². The Bertz CT molecular complexity index is 2090. The SMILES string of the molecule is Cc1cc(-c2ccccc2)cc(C)c1-n1c(-c2cccc3c2oc2nc(C(C)C(C)(C)C)ccc23)nc2ccccc21. The smallest absolute Gasteiger partial charge is 0.227 e. The topological polar surface area (TPSA) is 43.9 Å². The minimum atomic E-state index is 0.106. The first kappa shape index (κ1) is 26.2. The predicted molar refractivity (Wildman–Crippen MR) is 174 cm³/mol. The summed E-state index contributed by atoms with van der Waals surface area (Å²) in [6, 6.07) is 34.1. The molecule has 7 aromatic rings. The van der Waals surface area contributed by atoms with E-state index in [0.717, 1.165) is 50.2 Å².